The lowest BCUT2D eigenvalue weighted by atomic mass is 10.1. The molecule has 2 nitrogen and oxygen atoms in total. The second kappa shape index (κ2) is 3.74. The molecule has 1 saturated carbocycles. The Morgan fingerprint density at radius 1 is 1.27 bits per heavy atom. The minimum Gasteiger partial charge on any atom is -0.380 e. The van der Waals surface area contributed by atoms with Crippen molar-refractivity contribution in [3.05, 3.63) is 0 Å². The van der Waals surface area contributed by atoms with E-state index in [1.54, 1.807) is 0 Å². The van der Waals surface area contributed by atoms with Crippen molar-refractivity contribution < 1.29 is 4.74 Å². The molecule has 1 heterocycles. The minimum atomic E-state index is 0. The van der Waals surface area contributed by atoms with Crippen molar-refractivity contribution in [2.75, 3.05) is 13.7 Å². The standard InChI is InChI=1S/C8H15NO.ClH/c1-10-7-4-5-9-8(7)6-2-3-6;/h6-9H,2-5H2,1H3;1H/t7-,8-;/m1./s1. The van der Waals surface area contributed by atoms with Crippen LogP contribution in [0.4, 0.5) is 0 Å². The first kappa shape index (κ1) is 9.30. The molecule has 2 atom stereocenters. The van der Waals surface area contributed by atoms with E-state index in [0.717, 1.165) is 12.5 Å². The molecular formula is C8H16ClNO. The highest BCUT2D eigenvalue weighted by molar-refractivity contribution is 5.85. The molecule has 2 rings (SSSR count). The van der Waals surface area contributed by atoms with Crippen LogP contribution in [-0.4, -0.2) is 25.8 Å². The first-order valence-electron chi connectivity index (χ1n) is 4.18. The Morgan fingerprint density at radius 3 is 2.55 bits per heavy atom. The topological polar surface area (TPSA) is 21.3 Å². The third kappa shape index (κ3) is 1.86. The van der Waals surface area contributed by atoms with Crippen molar-refractivity contribution >= 4 is 12.4 Å². The lowest BCUT2D eigenvalue weighted by Gasteiger charge is -2.16. The second-order valence-corrected chi connectivity index (χ2v) is 3.38. The fourth-order valence-corrected chi connectivity index (χ4v) is 1.89. The molecule has 2 fully saturated rings. The summed E-state index contributed by atoms with van der Waals surface area (Å²) in [6.07, 6.45) is 4.54. The van der Waals surface area contributed by atoms with Crippen LogP contribution in [0, 0.1) is 5.92 Å². The Hall–Kier alpha value is 0.210. The summed E-state index contributed by atoms with van der Waals surface area (Å²) in [5.74, 6) is 0.937. The zero-order valence-corrected chi connectivity index (χ0v) is 7.69. The molecule has 0 spiro atoms. The molecule has 1 aliphatic carbocycles. The molecule has 0 amide bonds. The first-order valence-corrected chi connectivity index (χ1v) is 4.18. The number of hydrogen-bond acceptors (Lipinski definition) is 2. The Labute approximate surface area is 74.1 Å². The quantitative estimate of drug-likeness (QED) is 0.685. The summed E-state index contributed by atoms with van der Waals surface area (Å²) in [6, 6.07) is 0.685. The van der Waals surface area contributed by atoms with Crippen LogP contribution in [0.2, 0.25) is 0 Å². The van der Waals surface area contributed by atoms with Crippen LogP contribution >= 0.6 is 12.4 Å². The fraction of sp³-hybridized carbons (Fsp3) is 1.00. The molecule has 0 unspecified atom stereocenters. The summed E-state index contributed by atoms with van der Waals surface area (Å²) in [6.45, 7) is 1.15. The van der Waals surface area contributed by atoms with Gasteiger partial charge in [-0.2, -0.15) is 0 Å². The highest BCUT2D eigenvalue weighted by Crippen LogP contribution is 2.36. The summed E-state index contributed by atoms with van der Waals surface area (Å²) >= 11 is 0. The van der Waals surface area contributed by atoms with E-state index in [4.69, 9.17) is 4.74 Å². The number of rotatable bonds is 2. The Bertz CT molecular complexity index is 127. The van der Waals surface area contributed by atoms with Crippen LogP contribution < -0.4 is 5.32 Å². The first-order chi connectivity index (χ1) is 4.92. The summed E-state index contributed by atoms with van der Waals surface area (Å²) in [7, 11) is 1.83. The number of ether oxygens (including phenoxy) is 1. The Kier molecular flexibility index (Phi) is 3.16. The predicted octanol–water partition coefficient (Wildman–Crippen LogP) is 1.20. The van der Waals surface area contributed by atoms with Crippen LogP contribution in [0.1, 0.15) is 19.3 Å². The van der Waals surface area contributed by atoms with Gasteiger partial charge in [-0.3, -0.25) is 0 Å². The summed E-state index contributed by atoms with van der Waals surface area (Å²) in [5.41, 5.74) is 0. The van der Waals surface area contributed by atoms with Gasteiger partial charge < -0.3 is 10.1 Å². The van der Waals surface area contributed by atoms with Crippen molar-refractivity contribution in [1.82, 2.24) is 5.32 Å². The van der Waals surface area contributed by atoms with Crippen molar-refractivity contribution in [3.8, 4) is 0 Å². The van der Waals surface area contributed by atoms with Gasteiger partial charge >= 0.3 is 0 Å². The largest absolute Gasteiger partial charge is 0.380 e. The van der Waals surface area contributed by atoms with E-state index < -0.39 is 0 Å². The van der Waals surface area contributed by atoms with Crippen LogP contribution in [0.15, 0.2) is 0 Å². The second-order valence-electron chi connectivity index (χ2n) is 3.38. The highest BCUT2D eigenvalue weighted by atomic mass is 35.5. The van der Waals surface area contributed by atoms with Gasteiger partial charge in [-0.1, -0.05) is 0 Å². The number of methoxy groups -OCH3 is 1. The zero-order valence-electron chi connectivity index (χ0n) is 6.88. The third-order valence-electron chi connectivity index (χ3n) is 2.64. The minimum absolute atomic E-state index is 0. The molecule has 0 aromatic heterocycles. The molecule has 0 radical (unpaired) electrons. The molecule has 2 aliphatic rings. The average molecular weight is 178 g/mol. The van der Waals surface area contributed by atoms with Gasteiger partial charge in [-0.15, -0.1) is 12.4 Å². The van der Waals surface area contributed by atoms with Gasteiger partial charge in [0, 0.05) is 13.2 Å². The summed E-state index contributed by atoms with van der Waals surface area (Å²) < 4.78 is 5.36. The van der Waals surface area contributed by atoms with Crippen LogP contribution in [-0.2, 0) is 4.74 Å². The number of hydrogen-bond donors (Lipinski definition) is 1. The Morgan fingerprint density at radius 2 is 2.00 bits per heavy atom. The molecule has 0 aromatic rings. The van der Waals surface area contributed by atoms with Crippen LogP contribution in [0.5, 0.6) is 0 Å². The molecular weight excluding hydrogens is 162 g/mol. The lowest BCUT2D eigenvalue weighted by molar-refractivity contribution is 0.0858. The molecule has 0 bridgehead atoms. The molecule has 1 N–H and O–H groups in total. The van der Waals surface area contributed by atoms with E-state index in [0.29, 0.717) is 12.1 Å². The number of nitrogens with one attached hydrogen (secondary N) is 1. The fourth-order valence-electron chi connectivity index (χ4n) is 1.89. The lowest BCUT2D eigenvalue weighted by Crippen LogP contribution is -2.33. The maximum absolute atomic E-state index is 5.36. The van der Waals surface area contributed by atoms with Crippen LogP contribution in [0.3, 0.4) is 0 Å². The maximum atomic E-state index is 5.36. The molecule has 0 aromatic carbocycles. The summed E-state index contributed by atoms with van der Waals surface area (Å²) in [5, 5.41) is 3.49. The predicted molar refractivity (Wildman–Crippen MR) is 47.2 cm³/mol. The van der Waals surface area contributed by atoms with Gasteiger partial charge in [0.2, 0.25) is 0 Å². The molecule has 66 valence electrons. The van der Waals surface area contributed by atoms with Crippen molar-refractivity contribution in [2.24, 2.45) is 5.92 Å². The van der Waals surface area contributed by atoms with E-state index in [1.807, 2.05) is 7.11 Å². The third-order valence-corrected chi connectivity index (χ3v) is 2.64. The van der Waals surface area contributed by atoms with Gasteiger partial charge in [-0.05, 0) is 31.7 Å². The van der Waals surface area contributed by atoms with Gasteiger partial charge in [0.05, 0.1) is 6.10 Å². The molecule has 3 heteroatoms. The van der Waals surface area contributed by atoms with Crippen LogP contribution in [0.25, 0.3) is 0 Å². The van der Waals surface area contributed by atoms with E-state index in [9.17, 15) is 0 Å². The normalized spacial score (nSPS) is 36.8. The van der Waals surface area contributed by atoms with E-state index in [1.165, 1.54) is 19.3 Å². The van der Waals surface area contributed by atoms with E-state index in [-0.39, 0.29) is 12.4 Å². The molecule has 1 aliphatic heterocycles. The van der Waals surface area contributed by atoms with Crippen molar-refractivity contribution in [2.45, 2.75) is 31.4 Å². The Balaban J connectivity index is 0.000000605. The van der Waals surface area contributed by atoms with E-state index >= 15 is 0 Å². The monoisotopic (exact) mass is 177 g/mol. The highest BCUT2D eigenvalue weighted by Gasteiger charge is 2.39. The smallest absolute Gasteiger partial charge is 0.0739 e. The number of halogens is 1. The van der Waals surface area contributed by atoms with E-state index in [2.05, 4.69) is 5.32 Å². The van der Waals surface area contributed by atoms with Gasteiger partial charge in [-0.25, -0.2) is 0 Å². The maximum Gasteiger partial charge on any atom is 0.0739 e. The van der Waals surface area contributed by atoms with Gasteiger partial charge in [0.1, 0.15) is 0 Å². The van der Waals surface area contributed by atoms with Gasteiger partial charge in [0.15, 0.2) is 0 Å². The van der Waals surface area contributed by atoms with Gasteiger partial charge in [0.25, 0.3) is 0 Å². The SMILES string of the molecule is CO[C@@H]1CCN[C@@H]1C1CC1.Cl. The molecule has 11 heavy (non-hydrogen) atoms. The van der Waals surface area contributed by atoms with Crippen molar-refractivity contribution in [1.29, 1.82) is 0 Å². The average Bonchev–Trinajstić information content (AvgIpc) is 2.69. The molecule has 1 saturated heterocycles. The zero-order chi connectivity index (χ0) is 6.97. The summed E-state index contributed by atoms with van der Waals surface area (Å²) in [4.78, 5) is 0. The van der Waals surface area contributed by atoms with Crippen molar-refractivity contribution in [3.63, 3.8) is 0 Å².